The Morgan fingerprint density at radius 1 is 1.54 bits per heavy atom. The first-order valence-corrected chi connectivity index (χ1v) is 4.52. The predicted molar refractivity (Wildman–Crippen MR) is 63.4 cm³/mol. The van der Waals surface area contributed by atoms with Gasteiger partial charge in [0.25, 0.3) is 0 Å². The van der Waals surface area contributed by atoms with Gasteiger partial charge >= 0.3 is 0 Å². The molecular weight excluding hydrogens is 275 g/mol. The summed E-state index contributed by atoms with van der Waals surface area (Å²) in [6.45, 7) is 1.74. The second kappa shape index (κ2) is 5.47. The first-order valence-electron chi connectivity index (χ1n) is 3.35. The Morgan fingerprint density at radius 3 is 2.62 bits per heavy atom. The monoisotopic (exact) mass is 282 g/mol. The summed E-state index contributed by atoms with van der Waals surface area (Å²) in [4.78, 5) is 4.09. The second-order valence-corrected chi connectivity index (χ2v) is 3.64. The van der Waals surface area contributed by atoms with Gasteiger partial charge in [-0.25, -0.2) is 4.99 Å². The Balaban J connectivity index is 0.00000144. The zero-order valence-corrected chi connectivity index (χ0v) is 10.1. The van der Waals surface area contributed by atoms with E-state index in [0.29, 0.717) is 10.9 Å². The number of nitrogens with two attached hydrogens (primary N) is 1. The Bertz CT molecular complexity index is 322. The van der Waals surface area contributed by atoms with Crippen LogP contribution in [0.5, 0.6) is 0 Å². The van der Waals surface area contributed by atoms with E-state index < -0.39 is 0 Å². The van der Waals surface area contributed by atoms with E-state index in [1.807, 2.05) is 6.07 Å². The Kier molecular flexibility index (Phi) is 5.37. The molecule has 13 heavy (non-hydrogen) atoms. The van der Waals surface area contributed by atoms with Crippen molar-refractivity contribution in [2.75, 3.05) is 0 Å². The van der Waals surface area contributed by atoms with Crippen molar-refractivity contribution in [1.82, 2.24) is 0 Å². The van der Waals surface area contributed by atoms with Gasteiger partial charge < -0.3 is 5.73 Å². The summed E-state index contributed by atoms with van der Waals surface area (Å²) in [5, 5.41) is 0.676. The number of aliphatic imine (C=N–C) groups is 1. The van der Waals surface area contributed by atoms with Gasteiger partial charge in [-0.15, -0.1) is 12.4 Å². The third-order valence-electron chi connectivity index (χ3n) is 1.21. The molecule has 0 aliphatic heterocycles. The number of hydrogen-bond donors (Lipinski definition) is 1. The van der Waals surface area contributed by atoms with Gasteiger partial charge in [0.1, 0.15) is 0 Å². The summed E-state index contributed by atoms with van der Waals surface area (Å²) < 4.78 is 0.847. The average molecular weight is 284 g/mol. The highest BCUT2D eigenvalue weighted by Gasteiger charge is 1.97. The summed E-state index contributed by atoms with van der Waals surface area (Å²) in [6, 6.07) is 5.36. The highest BCUT2D eigenvalue weighted by Crippen LogP contribution is 2.28. The first-order chi connectivity index (χ1) is 5.59. The molecule has 0 radical (unpaired) electrons. The molecule has 0 bridgehead atoms. The van der Waals surface area contributed by atoms with E-state index in [1.54, 1.807) is 19.1 Å². The molecular formula is C8H9BrCl2N2. The molecule has 0 aromatic heterocycles. The fraction of sp³-hybridized carbons (Fsp3) is 0.125. The lowest BCUT2D eigenvalue weighted by molar-refractivity contribution is 1.43. The lowest BCUT2D eigenvalue weighted by Crippen LogP contribution is -2.03. The molecule has 0 atom stereocenters. The molecule has 2 N–H and O–H groups in total. The summed E-state index contributed by atoms with van der Waals surface area (Å²) in [5.74, 6) is 0.526. The number of rotatable bonds is 1. The molecule has 0 aliphatic carbocycles. The lowest BCUT2D eigenvalue weighted by atomic mass is 10.3. The molecule has 0 amide bonds. The third kappa shape index (κ3) is 3.98. The van der Waals surface area contributed by atoms with E-state index >= 15 is 0 Å². The van der Waals surface area contributed by atoms with Gasteiger partial charge in [-0.2, -0.15) is 0 Å². The summed E-state index contributed by atoms with van der Waals surface area (Å²) in [7, 11) is 0. The van der Waals surface area contributed by atoms with Crippen molar-refractivity contribution in [2.24, 2.45) is 10.7 Å². The summed E-state index contributed by atoms with van der Waals surface area (Å²) in [6.07, 6.45) is 0. The van der Waals surface area contributed by atoms with Gasteiger partial charge in [0.15, 0.2) is 0 Å². The SMILES string of the molecule is CC(N)=Nc1ccc(Cl)cc1Br.Cl. The van der Waals surface area contributed by atoms with Crippen LogP contribution in [0.4, 0.5) is 5.69 Å². The molecule has 1 aromatic carbocycles. The van der Waals surface area contributed by atoms with Crippen LogP contribution in [0.25, 0.3) is 0 Å². The fourth-order valence-corrected chi connectivity index (χ4v) is 1.53. The van der Waals surface area contributed by atoms with Crippen molar-refractivity contribution in [2.45, 2.75) is 6.92 Å². The summed E-state index contributed by atoms with van der Waals surface area (Å²) in [5.41, 5.74) is 6.22. The molecule has 5 heteroatoms. The fourth-order valence-electron chi connectivity index (χ4n) is 0.762. The second-order valence-electron chi connectivity index (χ2n) is 2.35. The van der Waals surface area contributed by atoms with E-state index in [-0.39, 0.29) is 12.4 Å². The van der Waals surface area contributed by atoms with E-state index in [1.165, 1.54) is 0 Å². The number of benzene rings is 1. The minimum Gasteiger partial charge on any atom is -0.387 e. The van der Waals surface area contributed by atoms with E-state index in [9.17, 15) is 0 Å². The van der Waals surface area contributed by atoms with Gasteiger partial charge in [0.05, 0.1) is 11.5 Å². The highest BCUT2D eigenvalue weighted by molar-refractivity contribution is 9.10. The van der Waals surface area contributed by atoms with Crippen LogP contribution in [-0.2, 0) is 0 Å². The molecule has 0 spiro atoms. The zero-order chi connectivity index (χ0) is 9.14. The summed E-state index contributed by atoms with van der Waals surface area (Å²) >= 11 is 9.07. The van der Waals surface area contributed by atoms with Crippen LogP contribution in [-0.4, -0.2) is 5.84 Å². The van der Waals surface area contributed by atoms with Gasteiger partial charge in [0, 0.05) is 9.50 Å². The van der Waals surface area contributed by atoms with Crippen LogP contribution in [0, 0.1) is 0 Å². The Morgan fingerprint density at radius 2 is 2.15 bits per heavy atom. The number of nitrogens with zero attached hydrogens (tertiary/aromatic N) is 1. The van der Waals surface area contributed by atoms with Crippen molar-refractivity contribution in [3.05, 3.63) is 27.7 Å². The zero-order valence-electron chi connectivity index (χ0n) is 6.92. The van der Waals surface area contributed by atoms with Crippen LogP contribution >= 0.6 is 39.9 Å². The topological polar surface area (TPSA) is 38.4 Å². The molecule has 0 heterocycles. The van der Waals surface area contributed by atoms with Gasteiger partial charge in [-0.3, -0.25) is 0 Å². The average Bonchev–Trinajstić information content (AvgIpc) is 1.94. The normalized spacial score (nSPS) is 10.8. The molecule has 1 rings (SSSR count). The molecule has 0 unspecified atom stereocenters. The highest BCUT2D eigenvalue weighted by atomic mass is 79.9. The molecule has 1 aromatic rings. The molecule has 0 saturated heterocycles. The van der Waals surface area contributed by atoms with Crippen molar-refractivity contribution in [3.8, 4) is 0 Å². The van der Waals surface area contributed by atoms with E-state index in [0.717, 1.165) is 10.2 Å². The van der Waals surface area contributed by atoms with Crippen LogP contribution in [0.2, 0.25) is 5.02 Å². The minimum absolute atomic E-state index is 0. The number of halogens is 3. The van der Waals surface area contributed by atoms with E-state index in [4.69, 9.17) is 17.3 Å². The quantitative estimate of drug-likeness (QED) is 0.621. The van der Waals surface area contributed by atoms with Crippen LogP contribution in [0.15, 0.2) is 27.7 Å². The molecule has 0 fully saturated rings. The largest absolute Gasteiger partial charge is 0.387 e. The maximum atomic E-state index is 5.74. The molecule has 2 nitrogen and oxygen atoms in total. The van der Waals surface area contributed by atoms with Crippen molar-refractivity contribution >= 4 is 51.5 Å². The lowest BCUT2D eigenvalue weighted by Gasteiger charge is -1.98. The van der Waals surface area contributed by atoms with Crippen molar-refractivity contribution in [1.29, 1.82) is 0 Å². The maximum absolute atomic E-state index is 5.74. The number of hydrogen-bond acceptors (Lipinski definition) is 1. The van der Waals surface area contributed by atoms with Crippen LogP contribution < -0.4 is 5.73 Å². The smallest absolute Gasteiger partial charge is 0.0965 e. The van der Waals surface area contributed by atoms with Gasteiger partial charge in [-0.05, 0) is 41.1 Å². The van der Waals surface area contributed by atoms with Crippen molar-refractivity contribution < 1.29 is 0 Å². The van der Waals surface area contributed by atoms with Crippen molar-refractivity contribution in [3.63, 3.8) is 0 Å². The van der Waals surface area contributed by atoms with Crippen LogP contribution in [0.3, 0.4) is 0 Å². The molecule has 0 aliphatic rings. The standard InChI is InChI=1S/C8H8BrClN2.ClH/c1-5(11)12-8-3-2-6(10)4-7(8)9;/h2-4H,1H3,(H2,11,12);1H. The van der Waals surface area contributed by atoms with Gasteiger partial charge in [-0.1, -0.05) is 11.6 Å². The minimum atomic E-state index is 0. The number of amidine groups is 1. The van der Waals surface area contributed by atoms with Gasteiger partial charge in [0.2, 0.25) is 0 Å². The Hall–Kier alpha value is -0.250. The van der Waals surface area contributed by atoms with Crippen LogP contribution in [0.1, 0.15) is 6.92 Å². The maximum Gasteiger partial charge on any atom is 0.0965 e. The first kappa shape index (κ1) is 12.8. The third-order valence-corrected chi connectivity index (χ3v) is 2.08. The molecule has 0 saturated carbocycles. The van der Waals surface area contributed by atoms with E-state index in [2.05, 4.69) is 20.9 Å². The Labute approximate surface area is 96.7 Å². The molecule has 72 valence electrons. The predicted octanol–water partition coefficient (Wildman–Crippen LogP) is 3.53.